The highest BCUT2D eigenvalue weighted by Crippen LogP contribution is 2.21. The molecule has 20 heavy (non-hydrogen) atoms. The topological polar surface area (TPSA) is 72.5 Å². The fraction of sp³-hybridized carbons (Fsp3) is 0.929. The number of ether oxygens (including phenoxy) is 1. The first-order valence-corrected chi connectivity index (χ1v) is 9.40. The van der Waals surface area contributed by atoms with Crippen molar-refractivity contribution < 1.29 is 17.9 Å². The van der Waals surface area contributed by atoms with Gasteiger partial charge in [0.2, 0.25) is 5.91 Å². The van der Waals surface area contributed by atoms with E-state index in [0.717, 1.165) is 25.9 Å². The Morgan fingerprint density at radius 2 is 1.85 bits per heavy atom. The summed E-state index contributed by atoms with van der Waals surface area (Å²) < 4.78 is 28.0. The number of nitrogens with one attached hydrogen (secondary N) is 1. The van der Waals surface area contributed by atoms with Crippen molar-refractivity contribution in [2.45, 2.75) is 45.4 Å². The Morgan fingerprint density at radius 1 is 1.20 bits per heavy atom. The molecule has 1 aliphatic rings. The molecular formula is C14H27NO4S. The van der Waals surface area contributed by atoms with Crippen LogP contribution in [-0.4, -0.2) is 45.6 Å². The number of hydrogen-bond donors (Lipinski definition) is 1. The van der Waals surface area contributed by atoms with Gasteiger partial charge in [-0.2, -0.15) is 0 Å². The summed E-state index contributed by atoms with van der Waals surface area (Å²) in [5.74, 6) is 0.717. The molecule has 1 rings (SSSR count). The van der Waals surface area contributed by atoms with Crippen LogP contribution in [0.4, 0.5) is 0 Å². The first-order valence-electron chi connectivity index (χ1n) is 7.58. The number of hydrogen-bond acceptors (Lipinski definition) is 4. The first kappa shape index (κ1) is 17.4. The van der Waals surface area contributed by atoms with Crippen molar-refractivity contribution in [3.63, 3.8) is 0 Å². The van der Waals surface area contributed by atoms with E-state index in [1.54, 1.807) is 0 Å². The molecule has 1 saturated heterocycles. The van der Waals surface area contributed by atoms with E-state index in [1.807, 2.05) is 0 Å². The number of carbonyl (C=O) groups is 1. The molecular weight excluding hydrogens is 278 g/mol. The van der Waals surface area contributed by atoms with Gasteiger partial charge in [0.1, 0.15) is 9.84 Å². The van der Waals surface area contributed by atoms with Crippen LogP contribution in [0.3, 0.4) is 0 Å². The highest BCUT2D eigenvalue weighted by atomic mass is 32.2. The van der Waals surface area contributed by atoms with Gasteiger partial charge in [-0.05, 0) is 31.6 Å². The Kier molecular flexibility index (Phi) is 8.14. The van der Waals surface area contributed by atoms with Crippen molar-refractivity contribution in [2.75, 3.05) is 31.3 Å². The lowest BCUT2D eigenvalue weighted by molar-refractivity contribution is -0.122. The van der Waals surface area contributed by atoms with E-state index in [1.165, 1.54) is 0 Å². The summed E-state index contributed by atoms with van der Waals surface area (Å²) in [6, 6.07) is 0. The van der Waals surface area contributed by atoms with Crippen LogP contribution in [0, 0.1) is 5.92 Å². The van der Waals surface area contributed by atoms with E-state index in [-0.39, 0.29) is 23.3 Å². The average molecular weight is 305 g/mol. The molecule has 1 fully saturated rings. The van der Waals surface area contributed by atoms with Crippen LogP contribution in [0.1, 0.15) is 45.4 Å². The molecule has 0 aromatic carbocycles. The molecule has 6 heteroatoms. The van der Waals surface area contributed by atoms with Gasteiger partial charge in [0, 0.05) is 26.2 Å². The van der Waals surface area contributed by atoms with Crippen LogP contribution in [0.2, 0.25) is 0 Å². The summed E-state index contributed by atoms with van der Waals surface area (Å²) in [7, 11) is -2.83. The minimum absolute atomic E-state index is 0.0304. The van der Waals surface area contributed by atoms with Crippen molar-refractivity contribution in [2.24, 2.45) is 5.92 Å². The highest BCUT2D eigenvalue weighted by molar-refractivity contribution is 7.91. The SMILES string of the molecule is CCCCOCCCNC(=O)CC1CCS(=O)(=O)CC1. The quantitative estimate of drug-likeness (QED) is 0.656. The van der Waals surface area contributed by atoms with E-state index in [0.29, 0.717) is 32.4 Å². The molecule has 0 saturated carbocycles. The molecule has 0 unspecified atom stereocenters. The summed E-state index contributed by atoms with van der Waals surface area (Å²) in [4.78, 5) is 11.7. The molecule has 0 spiro atoms. The maximum Gasteiger partial charge on any atom is 0.220 e. The fourth-order valence-electron chi connectivity index (χ4n) is 2.23. The molecule has 0 radical (unpaired) electrons. The van der Waals surface area contributed by atoms with Gasteiger partial charge in [-0.25, -0.2) is 8.42 Å². The molecule has 118 valence electrons. The Hall–Kier alpha value is -0.620. The van der Waals surface area contributed by atoms with E-state index in [9.17, 15) is 13.2 Å². The normalized spacial score (nSPS) is 18.9. The molecule has 5 nitrogen and oxygen atoms in total. The molecule has 1 amide bonds. The Morgan fingerprint density at radius 3 is 2.50 bits per heavy atom. The fourth-order valence-corrected chi connectivity index (χ4v) is 3.82. The summed E-state index contributed by atoms with van der Waals surface area (Å²) in [6.07, 6.45) is 4.73. The van der Waals surface area contributed by atoms with Gasteiger partial charge >= 0.3 is 0 Å². The van der Waals surface area contributed by atoms with Crippen LogP contribution in [-0.2, 0) is 19.4 Å². The summed E-state index contributed by atoms with van der Waals surface area (Å²) >= 11 is 0. The summed E-state index contributed by atoms with van der Waals surface area (Å²) in [5.41, 5.74) is 0. The van der Waals surface area contributed by atoms with Gasteiger partial charge in [0.25, 0.3) is 0 Å². The molecule has 0 atom stereocenters. The van der Waals surface area contributed by atoms with Crippen molar-refractivity contribution >= 4 is 15.7 Å². The van der Waals surface area contributed by atoms with Crippen molar-refractivity contribution in [1.29, 1.82) is 0 Å². The number of rotatable bonds is 9. The second-order valence-corrected chi connectivity index (χ2v) is 7.77. The number of unbranched alkanes of at least 4 members (excludes halogenated alkanes) is 1. The van der Waals surface area contributed by atoms with Gasteiger partial charge in [-0.1, -0.05) is 13.3 Å². The standard InChI is InChI=1S/C14H27NO4S/c1-2-3-8-19-9-4-7-15-14(16)12-13-5-10-20(17,18)11-6-13/h13H,2-12H2,1H3,(H,15,16). The molecule has 1 aliphatic heterocycles. The van der Waals surface area contributed by atoms with Crippen molar-refractivity contribution in [3.05, 3.63) is 0 Å². The van der Waals surface area contributed by atoms with Crippen LogP contribution in [0.25, 0.3) is 0 Å². The Bertz CT molecular complexity index is 367. The second kappa shape index (κ2) is 9.34. The van der Waals surface area contributed by atoms with Crippen LogP contribution < -0.4 is 5.32 Å². The predicted octanol–water partition coefficient (Wildman–Crippen LogP) is 1.52. The van der Waals surface area contributed by atoms with E-state index in [2.05, 4.69) is 12.2 Å². The molecule has 0 aromatic rings. The zero-order valence-electron chi connectivity index (χ0n) is 12.4. The largest absolute Gasteiger partial charge is 0.381 e. The van der Waals surface area contributed by atoms with Gasteiger partial charge in [-0.3, -0.25) is 4.79 Å². The molecule has 0 bridgehead atoms. The third kappa shape index (κ3) is 7.85. The minimum Gasteiger partial charge on any atom is -0.381 e. The second-order valence-electron chi connectivity index (χ2n) is 5.47. The van der Waals surface area contributed by atoms with Crippen LogP contribution in [0.15, 0.2) is 0 Å². The third-order valence-electron chi connectivity index (χ3n) is 3.58. The average Bonchev–Trinajstić information content (AvgIpc) is 2.40. The highest BCUT2D eigenvalue weighted by Gasteiger charge is 2.24. The zero-order valence-corrected chi connectivity index (χ0v) is 13.2. The van der Waals surface area contributed by atoms with Crippen molar-refractivity contribution in [1.82, 2.24) is 5.32 Å². The first-order chi connectivity index (χ1) is 9.53. The van der Waals surface area contributed by atoms with Gasteiger partial charge in [0.05, 0.1) is 11.5 Å². The van der Waals surface area contributed by atoms with Gasteiger partial charge in [-0.15, -0.1) is 0 Å². The van der Waals surface area contributed by atoms with Gasteiger partial charge < -0.3 is 10.1 Å². The maximum absolute atomic E-state index is 11.7. The van der Waals surface area contributed by atoms with E-state index >= 15 is 0 Å². The third-order valence-corrected chi connectivity index (χ3v) is 5.29. The lowest BCUT2D eigenvalue weighted by Gasteiger charge is -2.21. The van der Waals surface area contributed by atoms with Crippen LogP contribution >= 0.6 is 0 Å². The Balaban J connectivity index is 2.01. The summed E-state index contributed by atoms with van der Waals surface area (Å²) in [5, 5.41) is 2.87. The monoisotopic (exact) mass is 305 g/mol. The van der Waals surface area contributed by atoms with E-state index in [4.69, 9.17) is 4.74 Å². The molecule has 1 heterocycles. The summed E-state index contributed by atoms with van der Waals surface area (Å²) in [6.45, 7) is 4.24. The minimum atomic E-state index is -2.83. The smallest absolute Gasteiger partial charge is 0.220 e. The maximum atomic E-state index is 11.7. The number of sulfone groups is 1. The van der Waals surface area contributed by atoms with Crippen LogP contribution in [0.5, 0.6) is 0 Å². The molecule has 1 N–H and O–H groups in total. The Labute approximate surface area is 122 Å². The van der Waals surface area contributed by atoms with Crippen molar-refractivity contribution in [3.8, 4) is 0 Å². The number of amides is 1. The molecule has 0 aliphatic carbocycles. The zero-order chi connectivity index (χ0) is 14.8. The van der Waals surface area contributed by atoms with Gasteiger partial charge in [0.15, 0.2) is 0 Å². The molecule has 0 aromatic heterocycles. The number of carbonyl (C=O) groups excluding carboxylic acids is 1. The van der Waals surface area contributed by atoms with E-state index < -0.39 is 9.84 Å². The lowest BCUT2D eigenvalue weighted by atomic mass is 9.98. The predicted molar refractivity (Wildman–Crippen MR) is 79.3 cm³/mol. The lowest BCUT2D eigenvalue weighted by Crippen LogP contribution is -2.30.